The summed E-state index contributed by atoms with van der Waals surface area (Å²) in [6.45, 7) is 0. The third kappa shape index (κ3) is 3.84. The standard InChI is InChI=1S/C22H27N2O3P/c25-28(26-21-9-5-2-6-10-21,24-23-20-7-3-1-4-8-20)27-22-14-17-11-18(15-22)13-19(12-17)16-22/h1-10,17-19,23H,11-16H2,(H,24,25)/t17?,18?,19?,22?,28-/m0/s1. The lowest BCUT2D eigenvalue weighted by Gasteiger charge is -2.56. The highest BCUT2D eigenvalue weighted by Crippen LogP contribution is 2.62. The zero-order valence-electron chi connectivity index (χ0n) is 15.9. The smallest absolute Gasteiger partial charge is 0.412 e. The molecule has 2 aromatic carbocycles. The van der Waals surface area contributed by atoms with Crippen LogP contribution in [0.2, 0.25) is 0 Å². The molecule has 0 aliphatic heterocycles. The lowest BCUT2D eigenvalue weighted by Crippen LogP contribution is -2.52. The Morgan fingerprint density at radius 1 is 0.821 bits per heavy atom. The first-order chi connectivity index (χ1) is 13.6. The van der Waals surface area contributed by atoms with E-state index in [9.17, 15) is 4.57 Å². The minimum atomic E-state index is -3.62. The number of para-hydroxylation sites is 2. The molecule has 2 aromatic rings. The molecular formula is C22H27N2O3P. The van der Waals surface area contributed by atoms with Gasteiger partial charge in [-0.25, -0.2) is 4.57 Å². The summed E-state index contributed by atoms with van der Waals surface area (Å²) >= 11 is 0. The average molecular weight is 398 g/mol. The van der Waals surface area contributed by atoms with Gasteiger partial charge in [0.05, 0.1) is 5.60 Å². The summed E-state index contributed by atoms with van der Waals surface area (Å²) in [5, 5.41) is 2.90. The summed E-state index contributed by atoms with van der Waals surface area (Å²) in [5.74, 6) is 2.66. The van der Waals surface area contributed by atoms with Crippen molar-refractivity contribution < 1.29 is 13.6 Å². The number of hydrazine groups is 1. The van der Waals surface area contributed by atoms with E-state index in [0.717, 1.165) is 24.9 Å². The molecule has 0 unspecified atom stereocenters. The summed E-state index contributed by atoms with van der Waals surface area (Å²) in [7, 11) is -3.62. The lowest BCUT2D eigenvalue weighted by atomic mass is 9.54. The van der Waals surface area contributed by atoms with E-state index in [1.165, 1.54) is 19.3 Å². The minimum Gasteiger partial charge on any atom is -0.412 e. The van der Waals surface area contributed by atoms with Gasteiger partial charge in [0.15, 0.2) is 0 Å². The van der Waals surface area contributed by atoms with Crippen LogP contribution < -0.4 is 15.1 Å². The van der Waals surface area contributed by atoms with Crippen molar-refractivity contribution in [3.63, 3.8) is 0 Å². The minimum absolute atomic E-state index is 0.329. The van der Waals surface area contributed by atoms with Gasteiger partial charge >= 0.3 is 7.75 Å². The van der Waals surface area contributed by atoms with Crippen molar-refractivity contribution in [2.75, 3.05) is 5.43 Å². The Balaban J connectivity index is 1.38. The summed E-state index contributed by atoms with van der Waals surface area (Å²) in [6.07, 6.45) is 6.91. The second-order valence-corrected chi connectivity index (χ2v) is 10.3. The van der Waals surface area contributed by atoms with Gasteiger partial charge in [-0.15, -0.1) is 5.20 Å². The van der Waals surface area contributed by atoms with Crippen molar-refractivity contribution >= 4 is 13.4 Å². The molecule has 2 N–H and O–H groups in total. The maximum Gasteiger partial charge on any atom is 0.476 e. The van der Waals surface area contributed by atoms with Crippen molar-refractivity contribution in [1.82, 2.24) is 5.20 Å². The molecule has 4 aliphatic rings. The summed E-state index contributed by atoms with van der Waals surface area (Å²) in [5.41, 5.74) is 3.51. The fraction of sp³-hybridized carbons (Fsp3) is 0.455. The monoisotopic (exact) mass is 398 g/mol. The number of nitrogens with one attached hydrogen (secondary N) is 2. The van der Waals surface area contributed by atoms with Crippen molar-refractivity contribution in [2.45, 2.75) is 44.1 Å². The summed E-state index contributed by atoms with van der Waals surface area (Å²) < 4.78 is 26.2. The maximum atomic E-state index is 13.8. The molecular weight excluding hydrogens is 371 g/mol. The fourth-order valence-electron chi connectivity index (χ4n) is 5.74. The topological polar surface area (TPSA) is 59.6 Å². The van der Waals surface area contributed by atoms with Crippen LogP contribution in [0.15, 0.2) is 60.7 Å². The molecule has 4 bridgehead atoms. The molecule has 4 aliphatic carbocycles. The Bertz CT molecular complexity index is 823. The first kappa shape index (κ1) is 18.2. The largest absolute Gasteiger partial charge is 0.476 e. The molecule has 148 valence electrons. The number of benzene rings is 2. The van der Waals surface area contributed by atoms with Crippen LogP contribution in [0.25, 0.3) is 0 Å². The number of hydrogen-bond donors (Lipinski definition) is 2. The van der Waals surface area contributed by atoms with Gasteiger partial charge in [0, 0.05) is 5.69 Å². The van der Waals surface area contributed by atoms with Crippen LogP contribution >= 0.6 is 7.75 Å². The molecule has 0 spiro atoms. The molecule has 6 rings (SSSR count). The van der Waals surface area contributed by atoms with Crippen molar-refractivity contribution in [3.05, 3.63) is 60.7 Å². The van der Waals surface area contributed by atoms with Gasteiger partial charge in [-0.1, -0.05) is 36.4 Å². The van der Waals surface area contributed by atoms with Crippen LogP contribution in [0.3, 0.4) is 0 Å². The van der Waals surface area contributed by atoms with E-state index in [1.54, 1.807) is 12.1 Å². The van der Waals surface area contributed by atoms with Crippen molar-refractivity contribution in [3.8, 4) is 5.75 Å². The Kier molecular flexibility index (Phi) is 4.70. The van der Waals surface area contributed by atoms with Gasteiger partial charge in [-0.05, 0) is 80.5 Å². The van der Waals surface area contributed by atoms with E-state index in [4.69, 9.17) is 9.05 Å². The van der Waals surface area contributed by atoms with Gasteiger partial charge in [-0.3, -0.25) is 4.52 Å². The summed E-state index contributed by atoms with van der Waals surface area (Å²) in [6, 6.07) is 18.9. The van der Waals surface area contributed by atoms with Crippen LogP contribution in [0.5, 0.6) is 5.75 Å². The van der Waals surface area contributed by atoms with E-state index < -0.39 is 7.75 Å². The third-order valence-electron chi connectivity index (χ3n) is 6.38. The normalized spacial score (nSPS) is 32.6. The van der Waals surface area contributed by atoms with Gasteiger partial charge in [0.1, 0.15) is 5.75 Å². The first-order valence-corrected chi connectivity index (χ1v) is 11.8. The zero-order chi connectivity index (χ0) is 19.0. The van der Waals surface area contributed by atoms with E-state index in [2.05, 4.69) is 10.6 Å². The van der Waals surface area contributed by atoms with E-state index >= 15 is 0 Å². The molecule has 6 heteroatoms. The van der Waals surface area contributed by atoms with Gasteiger partial charge in [-0.2, -0.15) is 0 Å². The van der Waals surface area contributed by atoms with Gasteiger partial charge < -0.3 is 9.95 Å². The van der Waals surface area contributed by atoms with Gasteiger partial charge in [0.25, 0.3) is 0 Å². The Hall–Kier alpha value is -1.81. The lowest BCUT2D eigenvalue weighted by molar-refractivity contribution is -0.111. The molecule has 0 heterocycles. The quantitative estimate of drug-likeness (QED) is 0.458. The Morgan fingerprint density at radius 2 is 1.36 bits per heavy atom. The van der Waals surface area contributed by atoms with Crippen molar-refractivity contribution in [1.29, 1.82) is 0 Å². The van der Waals surface area contributed by atoms with Crippen LogP contribution in [-0.2, 0) is 9.09 Å². The summed E-state index contributed by atoms with van der Waals surface area (Å²) in [4.78, 5) is 0. The molecule has 4 saturated carbocycles. The molecule has 28 heavy (non-hydrogen) atoms. The zero-order valence-corrected chi connectivity index (χ0v) is 16.8. The number of rotatable bonds is 7. The van der Waals surface area contributed by atoms with E-state index in [0.29, 0.717) is 23.5 Å². The fourth-order valence-corrected chi connectivity index (χ4v) is 7.26. The number of anilines is 1. The molecule has 0 saturated heterocycles. The van der Waals surface area contributed by atoms with Crippen LogP contribution in [0.4, 0.5) is 5.69 Å². The highest BCUT2D eigenvalue weighted by atomic mass is 31.2. The van der Waals surface area contributed by atoms with Crippen LogP contribution in [0.1, 0.15) is 38.5 Å². The molecule has 0 radical (unpaired) electrons. The Labute approximate surface area is 166 Å². The average Bonchev–Trinajstić information content (AvgIpc) is 2.66. The second kappa shape index (κ2) is 7.22. The van der Waals surface area contributed by atoms with Crippen molar-refractivity contribution in [2.24, 2.45) is 17.8 Å². The van der Waals surface area contributed by atoms with Gasteiger partial charge in [0.2, 0.25) is 0 Å². The van der Waals surface area contributed by atoms with Crippen LogP contribution in [-0.4, -0.2) is 5.60 Å². The number of hydrogen-bond acceptors (Lipinski definition) is 4. The Morgan fingerprint density at radius 3 is 1.93 bits per heavy atom. The molecule has 0 aromatic heterocycles. The molecule has 5 nitrogen and oxygen atoms in total. The highest BCUT2D eigenvalue weighted by molar-refractivity contribution is 7.52. The SMILES string of the molecule is O=[P@@](NNc1ccccc1)(Oc1ccccc1)OC12CC3CC(CC(C3)C1)C2. The molecule has 0 amide bonds. The predicted octanol–water partition coefficient (Wildman–Crippen LogP) is 5.78. The van der Waals surface area contributed by atoms with E-state index in [-0.39, 0.29) is 5.60 Å². The highest BCUT2D eigenvalue weighted by Gasteiger charge is 2.55. The molecule has 1 atom stereocenters. The maximum absolute atomic E-state index is 13.8. The second-order valence-electron chi connectivity index (χ2n) is 8.70. The molecule has 4 fully saturated rings. The van der Waals surface area contributed by atoms with Crippen LogP contribution in [0, 0.1) is 17.8 Å². The predicted molar refractivity (Wildman–Crippen MR) is 110 cm³/mol. The van der Waals surface area contributed by atoms with E-state index in [1.807, 2.05) is 48.5 Å². The first-order valence-electron chi connectivity index (χ1n) is 10.2. The third-order valence-corrected chi connectivity index (χ3v) is 7.84.